The van der Waals surface area contributed by atoms with Crippen LogP contribution in [0.3, 0.4) is 0 Å². The smallest absolute Gasteiger partial charge is 0.223 e. The van der Waals surface area contributed by atoms with Crippen molar-refractivity contribution in [1.29, 1.82) is 0 Å². The zero-order chi connectivity index (χ0) is 21.9. The fourth-order valence-corrected chi connectivity index (χ4v) is 5.00. The van der Waals surface area contributed by atoms with Gasteiger partial charge in [0.25, 0.3) is 0 Å². The molecule has 0 amide bonds. The zero-order valence-electron chi connectivity index (χ0n) is 18.8. The molecular weight excluding hydrogens is 396 g/mol. The van der Waals surface area contributed by atoms with Crippen LogP contribution in [0.25, 0.3) is 10.9 Å². The molecular formula is C26H32N6. The van der Waals surface area contributed by atoms with E-state index in [2.05, 4.69) is 52.5 Å². The number of hydrogen-bond acceptors (Lipinski definition) is 4. The number of likely N-dealkylation sites (tertiary alicyclic amines) is 1. The molecule has 6 nitrogen and oxygen atoms in total. The van der Waals surface area contributed by atoms with Gasteiger partial charge in [-0.25, -0.2) is 9.98 Å². The Balaban J connectivity index is 1.24. The number of aryl methyl sites for hydroxylation is 1. The summed E-state index contributed by atoms with van der Waals surface area (Å²) in [6.45, 7) is 6.07. The third-order valence-corrected chi connectivity index (χ3v) is 6.85. The standard InChI is InChI=1S/C26H32N6/c1-18-19(7-8-21-5-2-4-20-6-3-14-28-25(20)21)9-10-23-24(18)31-26(30-23)29-22-11-15-32(16-12-22)17-13-27/h2-6,9,14,22H,7-8,10-13,15-17,27H2,1H3,(H,29,31). The van der Waals surface area contributed by atoms with Crippen LogP contribution in [0.4, 0.5) is 0 Å². The number of allylic oxidation sites excluding steroid dienone is 4. The average molecular weight is 429 g/mol. The van der Waals surface area contributed by atoms with Gasteiger partial charge in [0, 0.05) is 44.2 Å². The summed E-state index contributed by atoms with van der Waals surface area (Å²) in [5, 5.41) is 4.73. The van der Waals surface area contributed by atoms with Crippen LogP contribution in [-0.2, 0) is 6.42 Å². The van der Waals surface area contributed by atoms with Crippen molar-refractivity contribution < 1.29 is 0 Å². The summed E-state index contributed by atoms with van der Waals surface area (Å²) in [6, 6.07) is 10.9. The summed E-state index contributed by atoms with van der Waals surface area (Å²) in [5.41, 5.74) is 13.1. The van der Waals surface area contributed by atoms with Crippen LogP contribution >= 0.6 is 0 Å². The number of piperidine rings is 1. The molecule has 3 heterocycles. The van der Waals surface area contributed by atoms with Gasteiger partial charge in [0.1, 0.15) is 0 Å². The van der Waals surface area contributed by atoms with Crippen molar-refractivity contribution in [1.82, 2.24) is 15.2 Å². The lowest BCUT2D eigenvalue weighted by molar-refractivity contribution is 0.219. The van der Waals surface area contributed by atoms with Crippen LogP contribution in [0, 0.1) is 0 Å². The zero-order valence-corrected chi connectivity index (χ0v) is 18.8. The van der Waals surface area contributed by atoms with Gasteiger partial charge in [-0.15, -0.1) is 0 Å². The molecule has 32 heavy (non-hydrogen) atoms. The van der Waals surface area contributed by atoms with Gasteiger partial charge in [0.15, 0.2) is 0 Å². The molecule has 1 saturated heterocycles. The Labute approximate surface area is 190 Å². The van der Waals surface area contributed by atoms with Gasteiger partial charge >= 0.3 is 0 Å². The second-order valence-electron chi connectivity index (χ2n) is 8.92. The predicted molar refractivity (Wildman–Crippen MR) is 132 cm³/mol. The Morgan fingerprint density at radius 3 is 2.84 bits per heavy atom. The van der Waals surface area contributed by atoms with Crippen molar-refractivity contribution in [3.05, 3.63) is 65.0 Å². The predicted octanol–water partition coefficient (Wildman–Crippen LogP) is 3.59. The first-order valence-corrected chi connectivity index (χ1v) is 11.8. The van der Waals surface area contributed by atoms with E-state index in [-0.39, 0.29) is 0 Å². The molecule has 3 N–H and O–H groups in total. The fourth-order valence-electron chi connectivity index (χ4n) is 5.00. The molecule has 0 bridgehead atoms. The van der Waals surface area contributed by atoms with Gasteiger partial charge < -0.3 is 16.0 Å². The second-order valence-corrected chi connectivity index (χ2v) is 8.92. The summed E-state index contributed by atoms with van der Waals surface area (Å²) < 4.78 is 0. The van der Waals surface area contributed by atoms with Crippen molar-refractivity contribution in [2.24, 2.45) is 15.7 Å². The first kappa shape index (κ1) is 21.0. The molecule has 0 spiro atoms. The number of para-hydroxylation sites is 1. The van der Waals surface area contributed by atoms with Crippen molar-refractivity contribution in [2.45, 2.75) is 45.1 Å². The van der Waals surface area contributed by atoms with Crippen LogP contribution in [0.1, 0.15) is 38.2 Å². The maximum Gasteiger partial charge on any atom is 0.223 e. The number of nitrogens with zero attached hydrogens (tertiary/aromatic N) is 4. The monoisotopic (exact) mass is 428 g/mol. The van der Waals surface area contributed by atoms with Crippen molar-refractivity contribution in [3.63, 3.8) is 0 Å². The Bertz CT molecular complexity index is 1110. The molecule has 1 aromatic heterocycles. The maximum atomic E-state index is 5.69. The summed E-state index contributed by atoms with van der Waals surface area (Å²) in [5.74, 6) is 0.791. The molecule has 2 aliphatic heterocycles. The highest BCUT2D eigenvalue weighted by molar-refractivity contribution is 6.16. The quantitative estimate of drug-likeness (QED) is 0.737. The van der Waals surface area contributed by atoms with Gasteiger partial charge in [0.05, 0.1) is 23.0 Å². The largest absolute Gasteiger partial charge is 0.329 e. The van der Waals surface area contributed by atoms with Crippen LogP contribution < -0.4 is 11.1 Å². The molecule has 5 rings (SSSR count). The molecule has 1 aromatic carbocycles. The number of fused-ring (bicyclic) bond motifs is 2. The number of guanidine groups is 1. The minimum atomic E-state index is 0.350. The number of hydrogen-bond donors (Lipinski definition) is 2. The molecule has 0 unspecified atom stereocenters. The van der Waals surface area contributed by atoms with E-state index >= 15 is 0 Å². The summed E-state index contributed by atoms with van der Waals surface area (Å²) in [6.07, 6.45) is 9.24. The van der Waals surface area contributed by atoms with E-state index in [4.69, 9.17) is 15.7 Å². The molecule has 1 aliphatic carbocycles. The highest BCUT2D eigenvalue weighted by atomic mass is 15.2. The molecule has 0 atom stereocenters. The molecule has 1 fully saturated rings. The Morgan fingerprint density at radius 1 is 1.16 bits per heavy atom. The van der Waals surface area contributed by atoms with Gasteiger partial charge in [-0.3, -0.25) is 4.98 Å². The van der Waals surface area contributed by atoms with E-state index in [0.717, 1.165) is 81.2 Å². The number of rotatable bonds is 6. The summed E-state index contributed by atoms with van der Waals surface area (Å²) in [7, 11) is 0. The van der Waals surface area contributed by atoms with Gasteiger partial charge in [0.2, 0.25) is 5.96 Å². The molecule has 3 aliphatic rings. The molecule has 2 aromatic rings. The number of pyridine rings is 1. The van der Waals surface area contributed by atoms with E-state index in [1.54, 1.807) is 0 Å². The topological polar surface area (TPSA) is 78.9 Å². The Kier molecular flexibility index (Phi) is 6.14. The lowest BCUT2D eigenvalue weighted by atomic mass is 9.90. The van der Waals surface area contributed by atoms with Crippen LogP contribution in [0.5, 0.6) is 0 Å². The van der Waals surface area contributed by atoms with Crippen LogP contribution in [0.2, 0.25) is 0 Å². The van der Waals surface area contributed by atoms with E-state index in [1.807, 2.05) is 12.3 Å². The number of aliphatic imine (C=N–C) groups is 2. The fraction of sp³-hybridized carbons (Fsp3) is 0.423. The lowest BCUT2D eigenvalue weighted by Gasteiger charge is -2.29. The van der Waals surface area contributed by atoms with E-state index in [1.165, 1.54) is 22.1 Å². The third-order valence-electron chi connectivity index (χ3n) is 6.85. The number of nitrogens with one attached hydrogen (secondary N) is 1. The van der Waals surface area contributed by atoms with Crippen molar-refractivity contribution in [2.75, 3.05) is 26.2 Å². The van der Waals surface area contributed by atoms with Crippen molar-refractivity contribution in [3.8, 4) is 0 Å². The van der Waals surface area contributed by atoms with E-state index in [0.29, 0.717) is 6.04 Å². The third kappa shape index (κ3) is 4.38. The maximum absolute atomic E-state index is 5.69. The first-order chi connectivity index (χ1) is 15.7. The van der Waals surface area contributed by atoms with E-state index < -0.39 is 0 Å². The highest BCUT2D eigenvalue weighted by Gasteiger charge is 2.26. The normalized spacial score (nSPS) is 21.0. The Morgan fingerprint density at radius 2 is 2.00 bits per heavy atom. The average Bonchev–Trinajstić information content (AvgIpc) is 3.23. The lowest BCUT2D eigenvalue weighted by Crippen LogP contribution is -2.38. The molecule has 0 saturated carbocycles. The highest BCUT2D eigenvalue weighted by Crippen LogP contribution is 2.29. The number of nitrogens with two attached hydrogens (primary N) is 1. The molecule has 6 heteroatoms. The van der Waals surface area contributed by atoms with Gasteiger partial charge in [-0.2, -0.15) is 0 Å². The number of aromatic nitrogens is 1. The minimum absolute atomic E-state index is 0.350. The van der Waals surface area contributed by atoms with Crippen LogP contribution in [-0.4, -0.2) is 53.8 Å². The second kappa shape index (κ2) is 9.35. The van der Waals surface area contributed by atoms with E-state index in [9.17, 15) is 0 Å². The number of benzene rings is 1. The van der Waals surface area contributed by atoms with Crippen LogP contribution in [0.15, 0.2) is 69.4 Å². The van der Waals surface area contributed by atoms with Crippen molar-refractivity contribution >= 4 is 22.6 Å². The molecule has 166 valence electrons. The minimum Gasteiger partial charge on any atom is -0.329 e. The van der Waals surface area contributed by atoms with Gasteiger partial charge in [-0.05, 0) is 55.4 Å². The first-order valence-electron chi connectivity index (χ1n) is 11.8. The molecule has 0 radical (unpaired) electrons. The SMILES string of the molecule is CC1=C2NC(=NC3CCN(CCN)CC3)N=C2CC=C1CCc1cccc2cccnc12. The summed E-state index contributed by atoms with van der Waals surface area (Å²) >= 11 is 0. The Hall–Kier alpha value is -2.83. The van der Waals surface area contributed by atoms with Gasteiger partial charge in [-0.1, -0.05) is 30.3 Å². The summed E-state index contributed by atoms with van der Waals surface area (Å²) in [4.78, 5) is 16.8.